The second-order valence-corrected chi connectivity index (χ2v) is 19.1. The molecule has 0 N–H and O–H groups in total. The van der Waals surface area contributed by atoms with Gasteiger partial charge in [0, 0.05) is 56.9 Å². The lowest BCUT2D eigenvalue weighted by Gasteiger charge is -2.07. The SMILES string of the molecule is CCOC(=O)Cc1c(C(=O)c2ccc(Cl)cc2)sc(SCc2cccc(CSc3sc(C(=O)c4ccc(Cl)cc4)c(CC(=O)OCC)c3-[n+]3ccccc3)c2)c1-[n+]1ccccc1.[I-].[I-]. The molecule has 0 aliphatic rings. The van der Waals surface area contributed by atoms with Gasteiger partial charge in [-0.3, -0.25) is 19.2 Å². The number of carbonyl (C=O) groups is 4. The fourth-order valence-corrected chi connectivity index (χ4v) is 11.9. The zero-order chi connectivity index (χ0) is 43.6. The maximum Gasteiger partial charge on any atom is 0.310 e. The molecule has 3 aromatic carbocycles. The summed E-state index contributed by atoms with van der Waals surface area (Å²) >= 11 is 18.3. The van der Waals surface area contributed by atoms with Crippen molar-refractivity contribution in [1.29, 1.82) is 0 Å². The first-order chi connectivity index (χ1) is 30.1. The molecule has 16 heteroatoms. The van der Waals surface area contributed by atoms with E-state index in [4.69, 9.17) is 32.7 Å². The van der Waals surface area contributed by atoms with Crippen LogP contribution in [0.1, 0.15) is 66.6 Å². The van der Waals surface area contributed by atoms with Crippen LogP contribution in [0.3, 0.4) is 0 Å². The number of aromatic nitrogens is 2. The second kappa shape index (κ2) is 24.8. The largest absolute Gasteiger partial charge is 1.00 e. The topological polar surface area (TPSA) is 94.5 Å². The highest BCUT2D eigenvalue weighted by atomic mass is 127. The highest BCUT2D eigenvalue weighted by Gasteiger charge is 2.33. The molecule has 7 aromatic rings. The normalized spacial score (nSPS) is 10.7. The first-order valence-corrected chi connectivity index (χ1v) is 24.0. The van der Waals surface area contributed by atoms with Crippen molar-refractivity contribution in [3.05, 3.63) is 187 Å². The number of thioether (sulfide) groups is 2. The van der Waals surface area contributed by atoms with Crippen LogP contribution in [-0.4, -0.2) is 36.7 Å². The molecule has 330 valence electrons. The highest BCUT2D eigenvalue weighted by Crippen LogP contribution is 2.42. The van der Waals surface area contributed by atoms with Gasteiger partial charge < -0.3 is 57.4 Å². The Bertz CT molecular complexity index is 2540. The van der Waals surface area contributed by atoms with E-state index < -0.39 is 11.9 Å². The van der Waals surface area contributed by atoms with Crippen molar-refractivity contribution in [3.8, 4) is 11.4 Å². The van der Waals surface area contributed by atoms with E-state index in [0.29, 0.717) is 53.6 Å². The molecule has 4 aromatic heterocycles. The van der Waals surface area contributed by atoms with Gasteiger partial charge in [0.1, 0.15) is 8.42 Å². The Morgan fingerprint density at radius 1 is 0.547 bits per heavy atom. The molecule has 4 heterocycles. The van der Waals surface area contributed by atoms with Crippen LogP contribution < -0.4 is 57.1 Å². The van der Waals surface area contributed by atoms with Crippen molar-refractivity contribution < 1.29 is 85.7 Å². The first kappa shape index (κ1) is 51.4. The Kier molecular flexibility index (Phi) is 19.9. The van der Waals surface area contributed by atoms with Crippen LogP contribution in [0.15, 0.2) is 142 Å². The fourth-order valence-electron chi connectivity index (χ4n) is 6.66. The molecule has 0 saturated carbocycles. The van der Waals surface area contributed by atoms with Gasteiger partial charge in [-0.2, -0.15) is 9.13 Å². The predicted octanol–water partition coefficient (Wildman–Crippen LogP) is 4.94. The predicted molar refractivity (Wildman–Crippen MR) is 248 cm³/mol. The molecule has 0 bridgehead atoms. The van der Waals surface area contributed by atoms with E-state index in [1.807, 2.05) is 76.4 Å². The molecule has 0 atom stereocenters. The highest BCUT2D eigenvalue weighted by molar-refractivity contribution is 8.00. The van der Waals surface area contributed by atoms with Crippen molar-refractivity contribution in [2.45, 2.75) is 46.6 Å². The summed E-state index contributed by atoms with van der Waals surface area (Å²) in [5.41, 5.74) is 5.82. The lowest BCUT2D eigenvalue weighted by atomic mass is 10.0. The zero-order valence-corrected chi connectivity index (χ0v) is 43.5. The van der Waals surface area contributed by atoms with Crippen molar-refractivity contribution >= 4 is 92.9 Å². The smallest absolute Gasteiger partial charge is 0.310 e. The van der Waals surface area contributed by atoms with Crippen LogP contribution in [0.2, 0.25) is 10.0 Å². The number of ketones is 2. The van der Waals surface area contributed by atoms with E-state index in [1.165, 1.54) is 22.7 Å². The quantitative estimate of drug-likeness (QED) is 0.0393. The minimum Gasteiger partial charge on any atom is -1.00 e. The molecular weight excluding hydrogens is 1150 g/mol. The number of ether oxygens (including phenoxy) is 2. The summed E-state index contributed by atoms with van der Waals surface area (Å²) < 4.78 is 16.4. The Balaban J connectivity index is 0.00000385. The number of hydrogen-bond acceptors (Lipinski definition) is 10. The minimum atomic E-state index is -0.413. The standard InChI is InChI=1S/C48H40Cl2N2O6S4.2HI/c1-3-57-39(53)27-37-41(51-22-7-5-8-23-51)47(61-45(37)43(55)33-14-18-35(49)19-15-33)59-29-31-12-11-13-32(26-31)30-60-48-42(52-24-9-6-10-25-52)38(28-40(54)58-4-2)46(62-48)44(56)34-16-20-36(50)21-17-34;;/h5-26H,3-4,27-30H2,1-2H3;2*1H/q+2;;/p-2. The molecule has 0 amide bonds. The van der Waals surface area contributed by atoms with E-state index in [9.17, 15) is 19.2 Å². The van der Waals surface area contributed by atoms with Gasteiger partial charge in [-0.1, -0.05) is 59.6 Å². The minimum absolute atomic E-state index is 0. The van der Waals surface area contributed by atoms with Crippen LogP contribution in [-0.2, 0) is 43.4 Å². The van der Waals surface area contributed by atoms with E-state index >= 15 is 0 Å². The number of rotatable bonds is 18. The van der Waals surface area contributed by atoms with Gasteiger partial charge in [0.15, 0.2) is 24.8 Å². The Morgan fingerprint density at radius 3 is 1.28 bits per heavy atom. The number of thiophene rings is 2. The number of nitrogens with zero attached hydrogens (tertiary/aromatic N) is 2. The third-order valence-electron chi connectivity index (χ3n) is 9.45. The van der Waals surface area contributed by atoms with Crippen LogP contribution in [0.25, 0.3) is 11.4 Å². The maximum absolute atomic E-state index is 14.1. The van der Waals surface area contributed by atoms with E-state index in [-0.39, 0.29) is 85.6 Å². The molecule has 7 rings (SSSR count). The Hall–Kier alpha value is -3.62. The molecule has 0 fully saturated rings. The second-order valence-electron chi connectivity index (χ2n) is 13.7. The molecule has 0 radical (unpaired) electrons. The van der Waals surface area contributed by atoms with Crippen molar-refractivity contribution in [3.63, 3.8) is 0 Å². The summed E-state index contributed by atoms with van der Waals surface area (Å²) in [4.78, 5) is 55.2. The Labute approximate surface area is 432 Å². The van der Waals surface area contributed by atoms with Crippen LogP contribution in [0, 0.1) is 0 Å². The van der Waals surface area contributed by atoms with Crippen LogP contribution in [0.5, 0.6) is 0 Å². The van der Waals surface area contributed by atoms with Gasteiger partial charge in [-0.25, -0.2) is 0 Å². The average molecular weight is 1190 g/mol. The third-order valence-corrected chi connectivity index (χ3v) is 15.1. The summed E-state index contributed by atoms with van der Waals surface area (Å²) in [6.07, 6.45) is 7.51. The van der Waals surface area contributed by atoms with Gasteiger partial charge in [-0.05, 0) is 73.5 Å². The third kappa shape index (κ3) is 12.8. The maximum atomic E-state index is 14.1. The van der Waals surface area contributed by atoms with E-state index in [1.54, 1.807) is 85.9 Å². The molecule has 0 saturated heterocycles. The monoisotopic (exact) mass is 1190 g/mol. The van der Waals surface area contributed by atoms with Gasteiger partial charge in [0.2, 0.25) is 22.9 Å². The fraction of sp³-hybridized carbons (Fsp3) is 0.167. The van der Waals surface area contributed by atoms with Crippen molar-refractivity contribution in [1.82, 2.24) is 0 Å². The Morgan fingerprint density at radius 2 is 0.922 bits per heavy atom. The molecule has 0 unspecified atom stereocenters. The van der Waals surface area contributed by atoms with E-state index in [0.717, 1.165) is 30.9 Å². The summed E-state index contributed by atoms with van der Waals surface area (Å²) in [6.45, 7) is 3.98. The van der Waals surface area contributed by atoms with Gasteiger partial charge in [0.25, 0.3) is 0 Å². The molecular formula is C48H40Cl2I2N2O6S4. The zero-order valence-electron chi connectivity index (χ0n) is 34.4. The summed E-state index contributed by atoms with van der Waals surface area (Å²) in [7, 11) is 0. The number of carbonyl (C=O) groups excluding carboxylic acids is 4. The van der Waals surface area contributed by atoms with Gasteiger partial charge in [-0.15, -0.1) is 46.2 Å². The lowest BCUT2D eigenvalue weighted by Crippen LogP contribution is -3.00. The number of pyridine rings is 2. The molecule has 0 aliphatic heterocycles. The van der Waals surface area contributed by atoms with Crippen molar-refractivity contribution in [2.24, 2.45) is 0 Å². The lowest BCUT2D eigenvalue weighted by molar-refractivity contribution is -0.598. The first-order valence-electron chi connectivity index (χ1n) is 19.6. The molecule has 8 nitrogen and oxygen atoms in total. The molecule has 0 aliphatic carbocycles. The summed E-state index contributed by atoms with van der Waals surface area (Å²) in [6, 6.07) is 33.3. The molecule has 64 heavy (non-hydrogen) atoms. The molecule has 0 spiro atoms. The van der Waals surface area contributed by atoms with Crippen LogP contribution in [0.4, 0.5) is 0 Å². The average Bonchev–Trinajstić information content (AvgIpc) is 3.83. The summed E-state index contributed by atoms with van der Waals surface area (Å²) in [5, 5.41) is 1.05. The number of hydrogen-bond donors (Lipinski definition) is 0. The number of esters is 2. The number of halogens is 4. The van der Waals surface area contributed by atoms with E-state index in [2.05, 4.69) is 18.2 Å². The van der Waals surface area contributed by atoms with Crippen molar-refractivity contribution in [2.75, 3.05) is 13.2 Å². The summed E-state index contributed by atoms with van der Waals surface area (Å²) in [5.74, 6) is -0.0479. The number of benzene rings is 3. The van der Waals surface area contributed by atoms with Gasteiger partial charge in [0.05, 0.1) is 46.9 Å². The van der Waals surface area contributed by atoms with Crippen LogP contribution >= 0.6 is 69.4 Å². The van der Waals surface area contributed by atoms with Gasteiger partial charge >= 0.3 is 11.9 Å².